The van der Waals surface area contributed by atoms with Gasteiger partial charge in [0, 0.05) is 22.4 Å². The number of anilines is 1. The van der Waals surface area contributed by atoms with Gasteiger partial charge < -0.3 is 5.32 Å². The molecule has 0 heterocycles. The van der Waals surface area contributed by atoms with Crippen LogP contribution in [0.1, 0.15) is 39.0 Å². The Hall–Kier alpha value is -0.280. The van der Waals surface area contributed by atoms with Gasteiger partial charge in [-0.3, -0.25) is 0 Å². The molecule has 0 amide bonds. The summed E-state index contributed by atoms with van der Waals surface area (Å²) in [5.74, 6) is 2.49. The average Bonchev–Trinajstić information content (AvgIpc) is 2.93. The molecule has 1 aliphatic rings. The second kappa shape index (κ2) is 8.80. The molecule has 2 rings (SSSR count). The fourth-order valence-corrected chi connectivity index (χ4v) is 4.29. The second-order valence-electron chi connectivity index (χ2n) is 5.03. The lowest BCUT2D eigenvalue weighted by Crippen LogP contribution is -2.02. The summed E-state index contributed by atoms with van der Waals surface area (Å²) in [7, 11) is 0. The van der Waals surface area contributed by atoms with Crippen LogP contribution >= 0.6 is 23.5 Å². The molecule has 1 N–H and O–H groups in total. The molecule has 1 nitrogen and oxygen atoms in total. The van der Waals surface area contributed by atoms with E-state index in [0.29, 0.717) is 0 Å². The average molecular weight is 296 g/mol. The van der Waals surface area contributed by atoms with E-state index in [1.54, 1.807) is 0 Å². The van der Waals surface area contributed by atoms with Gasteiger partial charge >= 0.3 is 0 Å². The highest BCUT2D eigenvalue weighted by Gasteiger charge is 2.15. The van der Waals surface area contributed by atoms with Crippen LogP contribution in [-0.2, 0) is 0 Å². The first-order valence-electron chi connectivity index (χ1n) is 7.47. The molecule has 1 aliphatic carbocycles. The summed E-state index contributed by atoms with van der Waals surface area (Å²) in [6, 6.07) is 8.99. The van der Waals surface area contributed by atoms with Crippen molar-refractivity contribution >= 4 is 29.2 Å². The quantitative estimate of drug-likeness (QED) is 0.656. The third kappa shape index (κ3) is 5.70. The lowest BCUT2D eigenvalue weighted by Gasteiger charge is -2.10. The van der Waals surface area contributed by atoms with Crippen molar-refractivity contribution in [3.05, 3.63) is 24.3 Å². The number of nitrogens with one attached hydrogen (secondary N) is 1. The van der Waals surface area contributed by atoms with E-state index in [1.165, 1.54) is 54.2 Å². The van der Waals surface area contributed by atoms with E-state index in [0.717, 1.165) is 11.8 Å². The fourth-order valence-electron chi connectivity index (χ4n) is 2.40. The molecule has 1 saturated carbocycles. The van der Waals surface area contributed by atoms with Crippen molar-refractivity contribution < 1.29 is 0 Å². The Morgan fingerprint density at radius 2 is 1.89 bits per heavy atom. The number of thioether (sulfide) groups is 2. The van der Waals surface area contributed by atoms with Gasteiger partial charge in [0.1, 0.15) is 0 Å². The SMILES string of the molecule is CCSCCCNc1ccc(SC2CCCC2)cc1. The number of hydrogen-bond acceptors (Lipinski definition) is 3. The third-order valence-electron chi connectivity index (χ3n) is 3.46. The van der Waals surface area contributed by atoms with Crippen molar-refractivity contribution in [3.8, 4) is 0 Å². The Balaban J connectivity index is 1.68. The Morgan fingerprint density at radius 1 is 1.16 bits per heavy atom. The number of benzene rings is 1. The van der Waals surface area contributed by atoms with Crippen molar-refractivity contribution in [2.75, 3.05) is 23.4 Å². The molecule has 106 valence electrons. The molecular formula is C16H25NS2. The third-order valence-corrected chi connectivity index (χ3v) is 5.79. The maximum absolute atomic E-state index is 3.50. The first-order valence-corrected chi connectivity index (χ1v) is 9.50. The zero-order valence-corrected chi connectivity index (χ0v) is 13.5. The molecule has 0 spiro atoms. The predicted octanol–water partition coefficient (Wildman–Crippen LogP) is 5.28. The zero-order chi connectivity index (χ0) is 13.3. The minimum Gasteiger partial charge on any atom is -0.385 e. The van der Waals surface area contributed by atoms with Crippen molar-refractivity contribution in [3.63, 3.8) is 0 Å². The molecule has 0 aliphatic heterocycles. The minimum atomic E-state index is 0.866. The Morgan fingerprint density at radius 3 is 2.58 bits per heavy atom. The summed E-state index contributed by atoms with van der Waals surface area (Å²) in [5, 5.41) is 4.37. The topological polar surface area (TPSA) is 12.0 Å². The maximum Gasteiger partial charge on any atom is 0.0340 e. The van der Waals surface area contributed by atoms with E-state index in [1.807, 2.05) is 11.8 Å². The Labute approximate surface area is 126 Å². The van der Waals surface area contributed by atoms with Crippen LogP contribution in [0.5, 0.6) is 0 Å². The largest absolute Gasteiger partial charge is 0.385 e. The van der Waals surface area contributed by atoms with Gasteiger partial charge in [0.15, 0.2) is 0 Å². The van der Waals surface area contributed by atoms with Crippen LogP contribution in [0.15, 0.2) is 29.2 Å². The van der Waals surface area contributed by atoms with Gasteiger partial charge in [-0.25, -0.2) is 0 Å². The summed E-state index contributed by atoms with van der Waals surface area (Å²) in [6.45, 7) is 3.31. The smallest absolute Gasteiger partial charge is 0.0340 e. The maximum atomic E-state index is 3.50. The molecule has 0 atom stereocenters. The van der Waals surface area contributed by atoms with Crippen LogP contribution in [0.3, 0.4) is 0 Å². The highest BCUT2D eigenvalue weighted by Crippen LogP contribution is 2.34. The molecule has 0 bridgehead atoms. The lowest BCUT2D eigenvalue weighted by atomic mass is 10.3. The first kappa shape index (κ1) is 15.1. The Bertz CT molecular complexity index is 344. The highest BCUT2D eigenvalue weighted by atomic mass is 32.2. The van der Waals surface area contributed by atoms with Crippen molar-refractivity contribution in [2.45, 2.75) is 49.2 Å². The molecule has 1 fully saturated rings. The molecule has 0 saturated heterocycles. The summed E-state index contributed by atoms with van der Waals surface area (Å²) in [5.41, 5.74) is 1.26. The molecule has 19 heavy (non-hydrogen) atoms. The van der Waals surface area contributed by atoms with Gasteiger partial charge in [-0.05, 0) is 55.0 Å². The lowest BCUT2D eigenvalue weighted by molar-refractivity contribution is 0.886. The monoisotopic (exact) mass is 295 g/mol. The zero-order valence-electron chi connectivity index (χ0n) is 11.9. The van der Waals surface area contributed by atoms with E-state index < -0.39 is 0 Å². The van der Waals surface area contributed by atoms with Crippen LogP contribution in [0.4, 0.5) is 5.69 Å². The molecular weight excluding hydrogens is 270 g/mol. The van der Waals surface area contributed by atoms with Crippen LogP contribution < -0.4 is 5.32 Å². The van der Waals surface area contributed by atoms with Crippen molar-refractivity contribution in [2.24, 2.45) is 0 Å². The Kier molecular flexibility index (Phi) is 7.00. The van der Waals surface area contributed by atoms with E-state index in [-0.39, 0.29) is 0 Å². The van der Waals surface area contributed by atoms with Crippen LogP contribution in [0, 0.1) is 0 Å². The molecule has 1 aromatic rings. The molecule has 0 unspecified atom stereocenters. The number of hydrogen-bond donors (Lipinski definition) is 1. The molecule has 1 aromatic carbocycles. The van der Waals surface area contributed by atoms with Crippen LogP contribution in [0.2, 0.25) is 0 Å². The fraction of sp³-hybridized carbons (Fsp3) is 0.625. The van der Waals surface area contributed by atoms with E-state index in [9.17, 15) is 0 Å². The normalized spacial score (nSPS) is 15.8. The van der Waals surface area contributed by atoms with Gasteiger partial charge in [0.2, 0.25) is 0 Å². The predicted molar refractivity (Wildman–Crippen MR) is 90.7 cm³/mol. The summed E-state index contributed by atoms with van der Waals surface area (Å²) < 4.78 is 0. The highest BCUT2D eigenvalue weighted by molar-refractivity contribution is 8.00. The van der Waals surface area contributed by atoms with Gasteiger partial charge in [0.05, 0.1) is 0 Å². The molecule has 3 heteroatoms. The van der Waals surface area contributed by atoms with Crippen molar-refractivity contribution in [1.82, 2.24) is 0 Å². The van der Waals surface area contributed by atoms with Gasteiger partial charge in [0.25, 0.3) is 0 Å². The second-order valence-corrected chi connectivity index (χ2v) is 7.79. The molecule has 0 radical (unpaired) electrons. The van der Waals surface area contributed by atoms with E-state index >= 15 is 0 Å². The van der Waals surface area contributed by atoms with Gasteiger partial charge in [-0.1, -0.05) is 19.8 Å². The van der Waals surface area contributed by atoms with Crippen LogP contribution in [0.25, 0.3) is 0 Å². The minimum absolute atomic E-state index is 0.866. The van der Waals surface area contributed by atoms with Gasteiger partial charge in [-0.15, -0.1) is 11.8 Å². The summed E-state index contributed by atoms with van der Waals surface area (Å²) in [4.78, 5) is 1.43. The van der Waals surface area contributed by atoms with Crippen LogP contribution in [-0.4, -0.2) is 23.3 Å². The summed E-state index contributed by atoms with van der Waals surface area (Å²) >= 11 is 4.08. The number of rotatable bonds is 8. The van der Waals surface area contributed by atoms with E-state index in [4.69, 9.17) is 0 Å². The first-order chi connectivity index (χ1) is 9.38. The molecule has 0 aromatic heterocycles. The summed E-state index contributed by atoms with van der Waals surface area (Å²) in [6.07, 6.45) is 6.90. The van der Waals surface area contributed by atoms with Crippen molar-refractivity contribution in [1.29, 1.82) is 0 Å². The van der Waals surface area contributed by atoms with Gasteiger partial charge in [-0.2, -0.15) is 11.8 Å². The van der Waals surface area contributed by atoms with E-state index in [2.05, 4.69) is 48.3 Å². The standard InChI is InChI=1S/C16H25NS2/c1-2-18-13-5-12-17-14-8-10-16(11-9-14)19-15-6-3-4-7-15/h8-11,15,17H,2-7,12-13H2,1H3.